The maximum Gasteiger partial charge on any atom is 0.144 e. The van der Waals surface area contributed by atoms with Crippen LogP contribution in [0, 0.1) is 5.92 Å². The molecule has 0 amide bonds. The van der Waals surface area contributed by atoms with E-state index in [-0.39, 0.29) is 6.10 Å². The molecule has 4 rings (SSSR count). The van der Waals surface area contributed by atoms with Crippen molar-refractivity contribution < 1.29 is 4.74 Å². The minimum absolute atomic E-state index is 0.0148. The summed E-state index contributed by atoms with van der Waals surface area (Å²) in [6.45, 7) is 0. The Labute approximate surface area is 193 Å². The van der Waals surface area contributed by atoms with Crippen LogP contribution in [0.5, 0.6) is 0 Å². The highest BCUT2D eigenvalue weighted by Gasteiger charge is 2.40. The summed E-state index contributed by atoms with van der Waals surface area (Å²) < 4.78 is 9.33. The van der Waals surface area contributed by atoms with Crippen LogP contribution in [0.15, 0.2) is 113 Å². The van der Waals surface area contributed by atoms with Crippen LogP contribution in [0.3, 0.4) is 0 Å². The molecule has 0 saturated heterocycles. The lowest BCUT2D eigenvalue weighted by Crippen LogP contribution is -2.39. The zero-order valence-electron chi connectivity index (χ0n) is 17.0. The van der Waals surface area contributed by atoms with Crippen molar-refractivity contribution in [3.8, 4) is 0 Å². The molecule has 3 aromatic rings. The Morgan fingerprint density at radius 3 is 1.70 bits per heavy atom. The standard InChI is InChI=1S/C28H27IO/c29-22-21-27(23-13-5-1-6-14-23)30-28(24-15-7-2-8-16-24,25-17-9-3-10-18-25)26-19-11-4-12-20-26/h2-5,7-13,15-23,27H,1,6,14H2. The second kappa shape index (κ2) is 10.2. The van der Waals surface area contributed by atoms with E-state index in [1.54, 1.807) is 0 Å². The van der Waals surface area contributed by atoms with E-state index in [4.69, 9.17) is 4.74 Å². The van der Waals surface area contributed by atoms with Gasteiger partial charge in [0, 0.05) is 5.92 Å². The number of rotatable bonds is 7. The van der Waals surface area contributed by atoms with Gasteiger partial charge in [0.25, 0.3) is 0 Å². The van der Waals surface area contributed by atoms with E-state index in [1.807, 2.05) is 0 Å². The molecule has 2 heteroatoms. The summed E-state index contributed by atoms with van der Waals surface area (Å²) in [6.07, 6.45) is 10.4. The number of hydrogen-bond donors (Lipinski definition) is 0. The van der Waals surface area contributed by atoms with E-state index >= 15 is 0 Å². The zero-order chi connectivity index (χ0) is 20.7. The Kier molecular flexibility index (Phi) is 7.19. The second-order valence-electron chi connectivity index (χ2n) is 7.70. The lowest BCUT2D eigenvalue weighted by molar-refractivity contribution is -0.0439. The molecular formula is C28H27IO. The molecule has 0 aromatic heterocycles. The van der Waals surface area contributed by atoms with Gasteiger partial charge in [-0.15, -0.1) is 0 Å². The molecule has 0 spiro atoms. The highest BCUT2D eigenvalue weighted by atomic mass is 127. The summed E-state index contributed by atoms with van der Waals surface area (Å²) in [5.41, 5.74) is 2.76. The van der Waals surface area contributed by atoms with Gasteiger partial charge >= 0.3 is 0 Å². The molecule has 0 bridgehead atoms. The first-order chi connectivity index (χ1) is 14.8. The summed E-state index contributed by atoms with van der Waals surface area (Å²) in [4.78, 5) is 0. The summed E-state index contributed by atoms with van der Waals surface area (Å²) in [7, 11) is 0. The fourth-order valence-electron chi connectivity index (χ4n) is 4.38. The normalized spacial score (nSPS) is 17.8. The maximum atomic E-state index is 7.23. The van der Waals surface area contributed by atoms with Crippen LogP contribution < -0.4 is 0 Å². The second-order valence-corrected chi connectivity index (χ2v) is 8.42. The molecule has 30 heavy (non-hydrogen) atoms. The third-order valence-electron chi connectivity index (χ3n) is 5.83. The lowest BCUT2D eigenvalue weighted by Gasteiger charge is -2.40. The minimum atomic E-state index is -0.685. The molecule has 2 unspecified atom stereocenters. The monoisotopic (exact) mass is 506 g/mol. The van der Waals surface area contributed by atoms with E-state index in [2.05, 4.69) is 136 Å². The molecule has 2 atom stereocenters. The van der Waals surface area contributed by atoms with Crippen molar-refractivity contribution in [1.82, 2.24) is 0 Å². The molecule has 3 aromatic carbocycles. The Morgan fingerprint density at radius 1 is 0.800 bits per heavy atom. The fourth-order valence-corrected chi connectivity index (χ4v) is 4.79. The highest BCUT2D eigenvalue weighted by molar-refractivity contribution is 14.1. The lowest BCUT2D eigenvalue weighted by atomic mass is 9.79. The van der Waals surface area contributed by atoms with Crippen LogP contribution in [0.25, 0.3) is 0 Å². The third-order valence-corrected chi connectivity index (χ3v) is 6.24. The molecule has 0 fully saturated rings. The molecule has 152 valence electrons. The van der Waals surface area contributed by atoms with Gasteiger partial charge in [-0.1, -0.05) is 126 Å². The van der Waals surface area contributed by atoms with Crippen LogP contribution in [-0.2, 0) is 10.3 Å². The van der Waals surface area contributed by atoms with E-state index in [0.29, 0.717) is 5.92 Å². The zero-order valence-corrected chi connectivity index (χ0v) is 19.2. The summed E-state index contributed by atoms with van der Waals surface area (Å²) in [5.74, 6) is 0.375. The largest absolute Gasteiger partial charge is 0.353 e. The molecule has 0 saturated carbocycles. The van der Waals surface area contributed by atoms with Crippen molar-refractivity contribution in [3.63, 3.8) is 0 Å². The maximum absolute atomic E-state index is 7.23. The number of benzene rings is 3. The smallest absolute Gasteiger partial charge is 0.144 e. The van der Waals surface area contributed by atoms with E-state index < -0.39 is 5.60 Å². The topological polar surface area (TPSA) is 9.23 Å². The van der Waals surface area contributed by atoms with Gasteiger partial charge in [-0.3, -0.25) is 0 Å². The minimum Gasteiger partial charge on any atom is -0.353 e. The quantitative estimate of drug-likeness (QED) is 0.182. The van der Waals surface area contributed by atoms with Crippen LogP contribution in [-0.4, -0.2) is 6.10 Å². The first-order valence-electron chi connectivity index (χ1n) is 10.6. The third kappa shape index (κ3) is 4.45. The van der Waals surface area contributed by atoms with Gasteiger partial charge in [0.1, 0.15) is 5.60 Å². The van der Waals surface area contributed by atoms with Gasteiger partial charge < -0.3 is 4.74 Å². The van der Waals surface area contributed by atoms with Crippen molar-refractivity contribution >= 4 is 22.6 Å². The molecule has 0 aliphatic heterocycles. The fraction of sp³-hybridized carbons (Fsp3) is 0.214. The first-order valence-corrected chi connectivity index (χ1v) is 11.9. The molecule has 0 N–H and O–H groups in total. The Bertz CT molecular complexity index is 867. The van der Waals surface area contributed by atoms with Crippen molar-refractivity contribution in [1.29, 1.82) is 0 Å². The summed E-state index contributed by atoms with van der Waals surface area (Å²) in [6, 6.07) is 31.9. The van der Waals surface area contributed by atoms with Crippen LogP contribution in [0.4, 0.5) is 0 Å². The van der Waals surface area contributed by atoms with Crippen LogP contribution in [0.1, 0.15) is 36.0 Å². The van der Waals surface area contributed by atoms with E-state index in [9.17, 15) is 0 Å². The average molecular weight is 506 g/mol. The molecule has 1 nitrogen and oxygen atoms in total. The summed E-state index contributed by atoms with van der Waals surface area (Å²) in [5, 5.41) is 0. The Balaban J connectivity index is 1.92. The number of halogens is 1. The van der Waals surface area contributed by atoms with Gasteiger partial charge in [-0.25, -0.2) is 0 Å². The Morgan fingerprint density at radius 2 is 1.30 bits per heavy atom. The molecule has 0 heterocycles. The average Bonchev–Trinajstić information content (AvgIpc) is 2.84. The van der Waals surface area contributed by atoms with Gasteiger partial charge in [0.2, 0.25) is 0 Å². The predicted octanol–water partition coefficient (Wildman–Crippen LogP) is 7.67. The van der Waals surface area contributed by atoms with Crippen molar-refractivity contribution in [2.75, 3.05) is 0 Å². The number of ether oxygens (including phenoxy) is 1. The van der Waals surface area contributed by atoms with Crippen molar-refractivity contribution in [2.24, 2.45) is 5.92 Å². The van der Waals surface area contributed by atoms with E-state index in [1.165, 1.54) is 12.8 Å². The molecule has 1 aliphatic carbocycles. The van der Waals surface area contributed by atoms with Gasteiger partial charge in [0.15, 0.2) is 0 Å². The molecule has 0 radical (unpaired) electrons. The number of allylic oxidation sites excluding steroid dienone is 1. The first kappa shape index (κ1) is 21.1. The SMILES string of the molecule is IC=CC(OC(c1ccccc1)(c1ccccc1)c1ccccc1)C1C=CCCC1. The van der Waals surface area contributed by atoms with Gasteiger partial charge in [0.05, 0.1) is 6.10 Å². The number of hydrogen-bond acceptors (Lipinski definition) is 1. The molecule has 1 aliphatic rings. The van der Waals surface area contributed by atoms with Gasteiger partial charge in [-0.05, 0) is 46.1 Å². The highest BCUT2D eigenvalue weighted by Crippen LogP contribution is 2.43. The summed E-state index contributed by atoms with van der Waals surface area (Å²) >= 11 is 2.31. The van der Waals surface area contributed by atoms with Crippen molar-refractivity contribution in [2.45, 2.75) is 31.0 Å². The van der Waals surface area contributed by atoms with Gasteiger partial charge in [-0.2, -0.15) is 0 Å². The molecular weight excluding hydrogens is 479 g/mol. The Hall–Kier alpha value is -2.17. The van der Waals surface area contributed by atoms with E-state index in [0.717, 1.165) is 23.1 Å². The van der Waals surface area contributed by atoms with Crippen LogP contribution in [0.2, 0.25) is 0 Å². The predicted molar refractivity (Wildman–Crippen MR) is 134 cm³/mol. The van der Waals surface area contributed by atoms with Crippen LogP contribution >= 0.6 is 22.6 Å². The van der Waals surface area contributed by atoms with Crippen molar-refractivity contribution in [3.05, 3.63) is 130 Å².